The van der Waals surface area contributed by atoms with E-state index in [1.54, 1.807) is 68.3 Å². The summed E-state index contributed by atoms with van der Waals surface area (Å²) in [4.78, 5) is 31.4. The molecule has 0 aliphatic heterocycles. The lowest BCUT2D eigenvalue weighted by atomic mass is 10.1. The number of nitrogens with one attached hydrogen (secondary N) is 1. The molecule has 0 aliphatic rings. The second kappa shape index (κ2) is 10.4. The van der Waals surface area contributed by atoms with Crippen LogP contribution >= 0.6 is 22.6 Å². The Hall–Kier alpha value is -3.47. The number of nitrogens with zero attached hydrogens (tertiary/aromatic N) is 3. The van der Waals surface area contributed by atoms with Gasteiger partial charge in [0.25, 0.3) is 5.91 Å². The number of fused-ring (bicyclic) bond motifs is 1. The van der Waals surface area contributed by atoms with Crippen molar-refractivity contribution < 1.29 is 18.7 Å². The average molecular weight is 586 g/mol. The molecule has 0 bridgehead atoms. The molecule has 180 valence electrons. The van der Waals surface area contributed by atoms with Crippen LogP contribution in [-0.2, 0) is 11.3 Å². The van der Waals surface area contributed by atoms with Gasteiger partial charge in [-0.05, 0) is 71.5 Å². The summed E-state index contributed by atoms with van der Waals surface area (Å²) >= 11 is 2.04. The van der Waals surface area contributed by atoms with Crippen LogP contribution in [-0.4, -0.2) is 47.0 Å². The number of rotatable bonds is 7. The molecule has 1 N–H and O–H groups in total. The predicted octanol–water partition coefficient (Wildman–Crippen LogP) is 5.45. The number of carbonyl (C=O) groups excluding carboxylic acids is 2. The maximum atomic E-state index is 14.7. The van der Waals surface area contributed by atoms with E-state index in [0.29, 0.717) is 23.2 Å². The number of ether oxygens (including phenoxy) is 1. The molecule has 0 aliphatic carbocycles. The molecule has 0 fully saturated rings. The van der Waals surface area contributed by atoms with Crippen LogP contribution in [0.2, 0.25) is 0 Å². The van der Waals surface area contributed by atoms with E-state index in [2.05, 4.69) is 10.3 Å². The number of benzene rings is 2. The number of hydrogen-bond donors (Lipinski definition) is 1. The first kappa shape index (κ1) is 24.6. The van der Waals surface area contributed by atoms with Crippen LogP contribution in [0.5, 0.6) is 0 Å². The van der Waals surface area contributed by atoms with Gasteiger partial charge in [0.1, 0.15) is 5.82 Å². The Labute approximate surface area is 216 Å². The third-order valence-corrected chi connectivity index (χ3v) is 6.12. The van der Waals surface area contributed by atoms with Crippen molar-refractivity contribution in [2.75, 3.05) is 26.0 Å². The van der Waals surface area contributed by atoms with Crippen LogP contribution in [0, 0.1) is 9.39 Å². The molecule has 0 saturated heterocycles. The second-order valence-electron chi connectivity index (χ2n) is 8.07. The highest BCUT2D eigenvalue weighted by Gasteiger charge is 2.25. The lowest BCUT2D eigenvalue weighted by Gasteiger charge is -2.14. The molecule has 1 amide bonds. The molecule has 4 aromatic rings. The Morgan fingerprint density at radius 2 is 1.97 bits per heavy atom. The lowest BCUT2D eigenvalue weighted by Crippen LogP contribution is -2.21. The minimum atomic E-state index is -0.544. The number of carbonyl (C=O) groups is 2. The minimum Gasteiger partial charge on any atom is -0.461 e. The minimum absolute atomic E-state index is 0.115. The third-order valence-electron chi connectivity index (χ3n) is 5.45. The van der Waals surface area contributed by atoms with Gasteiger partial charge in [-0.1, -0.05) is 12.1 Å². The number of amides is 1. The number of aromatic nitrogens is 2. The molecule has 2 aromatic heterocycles. The van der Waals surface area contributed by atoms with Gasteiger partial charge in [0.2, 0.25) is 0 Å². The fraction of sp³-hybridized carbons (Fsp3) is 0.192. The molecule has 0 radical (unpaired) electrons. The molecule has 7 nitrogen and oxygen atoms in total. The fourth-order valence-corrected chi connectivity index (χ4v) is 4.32. The van der Waals surface area contributed by atoms with E-state index in [9.17, 15) is 14.0 Å². The van der Waals surface area contributed by atoms with Crippen LogP contribution in [0.25, 0.3) is 10.9 Å². The first-order valence-electron chi connectivity index (χ1n) is 11.0. The van der Waals surface area contributed by atoms with E-state index in [4.69, 9.17) is 4.74 Å². The molecule has 2 aromatic carbocycles. The summed E-state index contributed by atoms with van der Waals surface area (Å²) in [6, 6.07) is 13.9. The predicted molar refractivity (Wildman–Crippen MR) is 142 cm³/mol. The summed E-state index contributed by atoms with van der Waals surface area (Å²) in [5.41, 5.74) is 2.98. The van der Waals surface area contributed by atoms with Crippen molar-refractivity contribution in [2.45, 2.75) is 13.5 Å². The highest BCUT2D eigenvalue weighted by atomic mass is 127. The van der Waals surface area contributed by atoms with Crippen molar-refractivity contribution in [3.05, 3.63) is 87.1 Å². The number of anilines is 2. The van der Waals surface area contributed by atoms with Crippen molar-refractivity contribution in [3.8, 4) is 0 Å². The molecule has 0 atom stereocenters. The number of esters is 1. The van der Waals surface area contributed by atoms with Crippen molar-refractivity contribution in [1.29, 1.82) is 0 Å². The molecule has 0 unspecified atom stereocenters. The summed E-state index contributed by atoms with van der Waals surface area (Å²) < 4.78 is 22.7. The fourth-order valence-electron chi connectivity index (χ4n) is 3.87. The van der Waals surface area contributed by atoms with Crippen LogP contribution in [0.3, 0.4) is 0 Å². The second-order valence-corrected chi connectivity index (χ2v) is 9.32. The summed E-state index contributed by atoms with van der Waals surface area (Å²) in [5, 5.41) is 3.75. The standard InChI is InChI=1S/C26H24FIN4O3/c1-4-35-26(34)24-23(30-21-9-8-18(28)13-20(21)27)19-14-29-11-10-22(19)32(24)15-16-6-5-7-17(12-16)25(33)31(2)3/h5-14,30H,4,15H2,1-3H3. The largest absolute Gasteiger partial charge is 0.461 e. The molecule has 0 saturated carbocycles. The normalized spacial score (nSPS) is 10.9. The van der Waals surface area contributed by atoms with E-state index in [1.807, 2.05) is 34.7 Å². The van der Waals surface area contributed by atoms with Crippen molar-refractivity contribution >= 4 is 56.7 Å². The Kier molecular flexibility index (Phi) is 7.34. The van der Waals surface area contributed by atoms with Gasteiger partial charge in [-0.15, -0.1) is 0 Å². The third kappa shape index (κ3) is 5.14. The van der Waals surface area contributed by atoms with Crippen LogP contribution < -0.4 is 5.32 Å². The average Bonchev–Trinajstić information content (AvgIpc) is 3.13. The van der Waals surface area contributed by atoms with Crippen LogP contribution in [0.1, 0.15) is 33.3 Å². The van der Waals surface area contributed by atoms with Gasteiger partial charge in [0, 0.05) is 47.6 Å². The van der Waals surface area contributed by atoms with Crippen LogP contribution in [0.15, 0.2) is 60.9 Å². The molecule has 35 heavy (non-hydrogen) atoms. The zero-order valence-electron chi connectivity index (χ0n) is 19.5. The van der Waals surface area contributed by atoms with E-state index in [1.165, 1.54) is 11.0 Å². The lowest BCUT2D eigenvalue weighted by molar-refractivity contribution is 0.0516. The van der Waals surface area contributed by atoms with Gasteiger partial charge in [0.15, 0.2) is 5.69 Å². The SMILES string of the molecule is CCOC(=O)c1c(Nc2ccc(I)cc2F)c2cnccc2n1Cc1cccc(C(=O)N(C)C)c1. The Balaban J connectivity index is 1.87. The van der Waals surface area contributed by atoms with Gasteiger partial charge >= 0.3 is 5.97 Å². The van der Waals surface area contributed by atoms with Gasteiger partial charge in [0.05, 0.1) is 23.5 Å². The first-order chi connectivity index (χ1) is 16.8. The summed E-state index contributed by atoms with van der Waals surface area (Å²) in [7, 11) is 3.39. The van der Waals surface area contributed by atoms with E-state index < -0.39 is 11.8 Å². The maximum absolute atomic E-state index is 14.7. The number of hydrogen-bond acceptors (Lipinski definition) is 5. The van der Waals surface area contributed by atoms with Crippen molar-refractivity contribution in [2.24, 2.45) is 0 Å². The summed E-state index contributed by atoms with van der Waals surface area (Å²) in [6.07, 6.45) is 3.27. The number of halogens is 2. The molecule has 2 heterocycles. The summed E-state index contributed by atoms with van der Waals surface area (Å²) in [6.45, 7) is 2.21. The zero-order chi connectivity index (χ0) is 25.1. The molecule has 0 spiro atoms. The van der Waals surface area contributed by atoms with E-state index in [-0.39, 0.29) is 23.9 Å². The topological polar surface area (TPSA) is 76.5 Å². The Bertz CT molecular complexity index is 1420. The maximum Gasteiger partial charge on any atom is 0.357 e. The highest BCUT2D eigenvalue weighted by molar-refractivity contribution is 14.1. The van der Waals surface area contributed by atoms with Gasteiger partial charge in [-0.25, -0.2) is 9.18 Å². The Morgan fingerprint density at radius 1 is 1.17 bits per heavy atom. The highest BCUT2D eigenvalue weighted by Crippen LogP contribution is 2.35. The van der Waals surface area contributed by atoms with Gasteiger partial charge in [-0.2, -0.15) is 0 Å². The van der Waals surface area contributed by atoms with Crippen molar-refractivity contribution in [3.63, 3.8) is 0 Å². The quantitative estimate of drug-likeness (QED) is 0.230. The smallest absolute Gasteiger partial charge is 0.357 e. The van der Waals surface area contributed by atoms with Crippen molar-refractivity contribution in [1.82, 2.24) is 14.5 Å². The monoisotopic (exact) mass is 586 g/mol. The van der Waals surface area contributed by atoms with E-state index in [0.717, 1.165) is 14.7 Å². The molecular weight excluding hydrogens is 562 g/mol. The van der Waals surface area contributed by atoms with Crippen LogP contribution in [0.4, 0.5) is 15.8 Å². The Morgan fingerprint density at radius 3 is 2.69 bits per heavy atom. The number of pyridine rings is 1. The van der Waals surface area contributed by atoms with E-state index >= 15 is 0 Å². The van der Waals surface area contributed by atoms with Gasteiger partial charge < -0.3 is 19.5 Å². The van der Waals surface area contributed by atoms with Gasteiger partial charge in [-0.3, -0.25) is 9.78 Å². The first-order valence-corrected chi connectivity index (χ1v) is 12.0. The molecular formula is C26H24FIN4O3. The molecule has 4 rings (SSSR count). The summed E-state index contributed by atoms with van der Waals surface area (Å²) in [5.74, 6) is -1.10. The molecule has 9 heteroatoms. The zero-order valence-corrected chi connectivity index (χ0v) is 21.7.